The van der Waals surface area contributed by atoms with Crippen molar-refractivity contribution in [1.82, 2.24) is 10.6 Å². The molecule has 2 atom stereocenters. The van der Waals surface area contributed by atoms with Gasteiger partial charge in [-0.25, -0.2) is 0 Å². The van der Waals surface area contributed by atoms with E-state index in [9.17, 15) is 9.59 Å². The van der Waals surface area contributed by atoms with Crippen LogP contribution in [0.4, 0.5) is 0 Å². The Bertz CT molecular complexity index is 600. The van der Waals surface area contributed by atoms with Crippen LogP contribution >= 0.6 is 0 Å². The highest BCUT2D eigenvalue weighted by molar-refractivity contribution is 5.97. The summed E-state index contributed by atoms with van der Waals surface area (Å²) in [6.07, 6.45) is 1.08. The van der Waals surface area contributed by atoms with Crippen LogP contribution in [0.15, 0.2) is 18.2 Å². The number of benzene rings is 1. The first kappa shape index (κ1) is 14.7. The van der Waals surface area contributed by atoms with E-state index in [4.69, 9.17) is 9.47 Å². The second-order valence-electron chi connectivity index (χ2n) is 6.14. The van der Waals surface area contributed by atoms with Crippen LogP contribution in [-0.2, 0) is 16.0 Å². The van der Waals surface area contributed by atoms with Gasteiger partial charge in [0.1, 0.15) is 12.1 Å². The number of hydrogen-bond acceptors (Lipinski definition) is 4. The van der Waals surface area contributed by atoms with Crippen LogP contribution in [0, 0.1) is 5.92 Å². The largest absolute Gasteiger partial charge is 0.454 e. The molecule has 22 heavy (non-hydrogen) atoms. The summed E-state index contributed by atoms with van der Waals surface area (Å²) in [5.41, 5.74) is 0.923. The molecule has 3 rings (SSSR count). The summed E-state index contributed by atoms with van der Waals surface area (Å²) in [7, 11) is 0. The molecule has 6 nitrogen and oxygen atoms in total. The maximum Gasteiger partial charge on any atom is 0.243 e. The molecule has 1 aromatic rings. The number of hydrogen-bond donors (Lipinski definition) is 2. The van der Waals surface area contributed by atoms with E-state index < -0.39 is 12.1 Å². The Morgan fingerprint density at radius 2 is 1.77 bits per heavy atom. The third kappa shape index (κ3) is 3.00. The first-order valence-corrected chi connectivity index (χ1v) is 7.52. The first-order chi connectivity index (χ1) is 10.5. The molecule has 1 saturated heterocycles. The van der Waals surface area contributed by atoms with Crippen molar-refractivity contribution < 1.29 is 19.1 Å². The average Bonchev–Trinajstić information content (AvgIpc) is 2.91. The number of nitrogens with one attached hydrogen (secondary N) is 2. The van der Waals surface area contributed by atoms with Crippen molar-refractivity contribution in [3.05, 3.63) is 23.8 Å². The number of fused-ring (bicyclic) bond motifs is 1. The van der Waals surface area contributed by atoms with Gasteiger partial charge in [0.05, 0.1) is 0 Å². The minimum absolute atomic E-state index is 0.112. The van der Waals surface area contributed by atoms with Crippen LogP contribution in [0.2, 0.25) is 0 Å². The Morgan fingerprint density at radius 1 is 1.09 bits per heavy atom. The predicted molar refractivity (Wildman–Crippen MR) is 79.6 cm³/mol. The monoisotopic (exact) mass is 304 g/mol. The van der Waals surface area contributed by atoms with E-state index in [0.29, 0.717) is 30.3 Å². The molecule has 2 unspecified atom stereocenters. The van der Waals surface area contributed by atoms with Crippen LogP contribution < -0.4 is 20.1 Å². The molecule has 2 aliphatic heterocycles. The third-order valence-corrected chi connectivity index (χ3v) is 3.85. The number of amides is 2. The Morgan fingerprint density at radius 3 is 2.55 bits per heavy atom. The molecule has 2 heterocycles. The van der Waals surface area contributed by atoms with Gasteiger partial charge >= 0.3 is 0 Å². The molecule has 2 amide bonds. The van der Waals surface area contributed by atoms with Crippen LogP contribution in [0.25, 0.3) is 0 Å². The Hall–Kier alpha value is -2.24. The Labute approximate surface area is 129 Å². The van der Waals surface area contributed by atoms with Crippen LogP contribution in [0.3, 0.4) is 0 Å². The summed E-state index contributed by atoms with van der Waals surface area (Å²) in [6.45, 7) is 4.27. The second-order valence-corrected chi connectivity index (χ2v) is 6.14. The zero-order valence-electron chi connectivity index (χ0n) is 12.7. The SMILES string of the molecule is CC(C)CC1NC(=O)C(Cc2ccc3c(c2)OCO3)NC1=O. The van der Waals surface area contributed by atoms with Gasteiger partial charge in [0, 0.05) is 6.42 Å². The lowest BCUT2D eigenvalue weighted by molar-refractivity contribution is -0.137. The van der Waals surface area contributed by atoms with Crippen molar-refractivity contribution >= 4 is 11.8 Å². The molecule has 0 radical (unpaired) electrons. The minimum Gasteiger partial charge on any atom is -0.454 e. The fourth-order valence-corrected chi connectivity index (χ4v) is 2.76. The van der Waals surface area contributed by atoms with Crippen molar-refractivity contribution in [2.45, 2.75) is 38.8 Å². The van der Waals surface area contributed by atoms with Crippen LogP contribution in [0.1, 0.15) is 25.8 Å². The molecule has 0 aromatic heterocycles. The van der Waals surface area contributed by atoms with E-state index in [1.807, 2.05) is 32.0 Å². The molecule has 118 valence electrons. The van der Waals surface area contributed by atoms with Crippen LogP contribution in [-0.4, -0.2) is 30.7 Å². The summed E-state index contributed by atoms with van der Waals surface area (Å²) in [5.74, 6) is 1.49. The number of ether oxygens (including phenoxy) is 2. The third-order valence-electron chi connectivity index (χ3n) is 3.85. The van der Waals surface area contributed by atoms with Gasteiger partial charge in [-0.05, 0) is 30.0 Å². The van der Waals surface area contributed by atoms with Crippen molar-refractivity contribution in [2.75, 3.05) is 6.79 Å². The molecule has 0 aliphatic carbocycles. The molecule has 0 spiro atoms. The number of carbonyl (C=O) groups is 2. The highest BCUT2D eigenvalue weighted by Crippen LogP contribution is 2.32. The van der Waals surface area contributed by atoms with E-state index >= 15 is 0 Å². The smallest absolute Gasteiger partial charge is 0.243 e. The van der Waals surface area contributed by atoms with E-state index in [2.05, 4.69) is 10.6 Å². The van der Waals surface area contributed by atoms with Gasteiger partial charge in [-0.2, -0.15) is 0 Å². The topological polar surface area (TPSA) is 76.7 Å². The summed E-state index contributed by atoms with van der Waals surface area (Å²) in [4.78, 5) is 24.3. The van der Waals surface area contributed by atoms with E-state index in [1.165, 1.54) is 0 Å². The molecular formula is C16H20N2O4. The van der Waals surface area contributed by atoms with E-state index in [0.717, 1.165) is 5.56 Å². The number of rotatable bonds is 4. The fourth-order valence-electron chi connectivity index (χ4n) is 2.76. The van der Waals surface area contributed by atoms with Gasteiger partial charge in [0.15, 0.2) is 11.5 Å². The molecule has 1 aromatic carbocycles. The lowest BCUT2D eigenvalue weighted by atomic mass is 9.97. The Balaban J connectivity index is 1.66. The highest BCUT2D eigenvalue weighted by Gasteiger charge is 2.33. The maximum absolute atomic E-state index is 12.2. The lowest BCUT2D eigenvalue weighted by Crippen LogP contribution is -2.62. The molecule has 1 fully saturated rings. The summed E-state index contributed by atoms with van der Waals surface area (Å²) >= 11 is 0. The van der Waals surface area contributed by atoms with Crippen molar-refractivity contribution in [3.8, 4) is 11.5 Å². The molecule has 6 heteroatoms. The average molecular weight is 304 g/mol. The van der Waals surface area contributed by atoms with Gasteiger partial charge in [0.25, 0.3) is 0 Å². The standard InChI is InChI=1S/C16H20N2O4/c1-9(2)5-11-15(19)18-12(16(20)17-11)6-10-3-4-13-14(7-10)22-8-21-13/h3-4,7,9,11-12H,5-6,8H2,1-2H3,(H,17,20)(H,18,19). The number of carbonyl (C=O) groups excluding carboxylic acids is 2. The van der Waals surface area contributed by atoms with Gasteiger partial charge in [-0.15, -0.1) is 0 Å². The second kappa shape index (κ2) is 5.87. The van der Waals surface area contributed by atoms with Crippen LogP contribution in [0.5, 0.6) is 11.5 Å². The fraction of sp³-hybridized carbons (Fsp3) is 0.500. The predicted octanol–water partition coefficient (Wildman–Crippen LogP) is 0.987. The maximum atomic E-state index is 12.2. The molecule has 2 aliphatic rings. The molecule has 0 bridgehead atoms. The highest BCUT2D eigenvalue weighted by atomic mass is 16.7. The Kier molecular flexibility index (Phi) is 3.92. The van der Waals surface area contributed by atoms with Gasteiger partial charge in [-0.3, -0.25) is 9.59 Å². The summed E-state index contributed by atoms with van der Waals surface area (Å²) < 4.78 is 10.6. The zero-order chi connectivity index (χ0) is 15.7. The van der Waals surface area contributed by atoms with E-state index in [1.54, 1.807) is 0 Å². The van der Waals surface area contributed by atoms with E-state index in [-0.39, 0.29) is 18.6 Å². The minimum atomic E-state index is -0.545. The lowest BCUT2D eigenvalue weighted by Gasteiger charge is -2.30. The number of piperazine rings is 1. The summed E-state index contributed by atoms with van der Waals surface area (Å²) in [6, 6.07) is 4.58. The van der Waals surface area contributed by atoms with Crippen molar-refractivity contribution in [1.29, 1.82) is 0 Å². The van der Waals surface area contributed by atoms with Gasteiger partial charge in [0.2, 0.25) is 18.6 Å². The molecule has 0 saturated carbocycles. The van der Waals surface area contributed by atoms with Crippen molar-refractivity contribution in [2.24, 2.45) is 5.92 Å². The first-order valence-electron chi connectivity index (χ1n) is 7.52. The molecule has 2 N–H and O–H groups in total. The van der Waals surface area contributed by atoms with Gasteiger partial charge < -0.3 is 20.1 Å². The quantitative estimate of drug-likeness (QED) is 0.869. The normalized spacial score (nSPS) is 23.4. The summed E-state index contributed by atoms with van der Waals surface area (Å²) in [5, 5.41) is 5.63. The zero-order valence-corrected chi connectivity index (χ0v) is 12.7. The van der Waals surface area contributed by atoms with Crippen molar-refractivity contribution in [3.63, 3.8) is 0 Å². The van der Waals surface area contributed by atoms with Gasteiger partial charge in [-0.1, -0.05) is 19.9 Å². The molecular weight excluding hydrogens is 284 g/mol.